The van der Waals surface area contributed by atoms with E-state index in [1.807, 2.05) is 13.0 Å². The second kappa shape index (κ2) is 5.11. The maximum atomic E-state index is 5.05. The van der Waals surface area contributed by atoms with E-state index in [1.54, 1.807) is 6.26 Å². The Bertz CT molecular complexity index is 670. The van der Waals surface area contributed by atoms with Crippen LogP contribution in [0, 0.1) is 6.92 Å². The normalized spacial score (nSPS) is 10.6. The van der Waals surface area contributed by atoms with Gasteiger partial charge in [-0.25, -0.2) is 0 Å². The molecular weight excluding hydrogens is 234 g/mol. The highest BCUT2D eigenvalue weighted by atomic mass is 16.5. The van der Waals surface area contributed by atoms with Crippen molar-refractivity contribution in [1.82, 2.24) is 5.16 Å². The van der Waals surface area contributed by atoms with E-state index in [0.29, 0.717) is 0 Å². The lowest BCUT2D eigenvalue weighted by molar-refractivity contribution is 0.415. The summed E-state index contributed by atoms with van der Waals surface area (Å²) in [4.78, 5) is 0. The molecule has 0 fully saturated rings. The lowest BCUT2D eigenvalue weighted by Crippen LogP contribution is -1.92. The number of aromatic nitrogens is 1. The molecule has 0 N–H and O–H groups in total. The molecule has 0 saturated carbocycles. The first kappa shape index (κ1) is 11.7. The van der Waals surface area contributed by atoms with Gasteiger partial charge in [0.15, 0.2) is 0 Å². The second-order valence-electron chi connectivity index (χ2n) is 4.63. The van der Waals surface area contributed by atoms with Crippen LogP contribution in [0.25, 0.3) is 11.1 Å². The second-order valence-corrected chi connectivity index (χ2v) is 4.63. The van der Waals surface area contributed by atoms with Crippen LogP contribution in [0.3, 0.4) is 0 Å². The summed E-state index contributed by atoms with van der Waals surface area (Å²) >= 11 is 0. The van der Waals surface area contributed by atoms with Crippen molar-refractivity contribution in [3.8, 4) is 11.1 Å². The molecule has 0 saturated heterocycles. The molecule has 0 radical (unpaired) electrons. The van der Waals surface area contributed by atoms with Crippen molar-refractivity contribution < 1.29 is 4.52 Å². The third kappa shape index (κ3) is 2.43. The van der Waals surface area contributed by atoms with Gasteiger partial charge in [-0.15, -0.1) is 0 Å². The van der Waals surface area contributed by atoms with E-state index in [1.165, 1.54) is 16.7 Å². The zero-order valence-corrected chi connectivity index (χ0v) is 10.8. The van der Waals surface area contributed by atoms with Crippen molar-refractivity contribution in [2.24, 2.45) is 0 Å². The van der Waals surface area contributed by atoms with Gasteiger partial charge in [0.05, 0.1) is 5.69 Å². The van der Waals surface area contributed by atoms with Gasteiger partial charge in [-0.3, -0.25) is 0 Å². The minimum Gasteiger partial charge on any atom is -0.364 e. The molecule has 2 aromatic carbocycles. The highest BCUT2D eigenvalue weighted by molar-refractivity contribution is 5.68. The Balaban J connectivity index is 2.01. The zero-order chi connectivity index (χ0) is 13.1. The molecule has 1 heterocycles. The summed E-state index contributed by atoms with van der Waals surface area (Å²) in [6.45, 7) is 1.97. The van der Waals surface area contributed by atoms with Gasteiger partial charge in [-0.05, 0) is 30.0 Å². The molecule has 0 spiro atoms. The summed E-state index contributed by atoms with van der Waals surface area (Å²) in [6.07, 6.45) is 2.64. The molecule has 0 amide bonds. The van der Waals surface area contributed by atoms with Crippen LogP contribution in [0.4, 0.5) is 0 Å². The maximum Gasteiger partial charge on any atom is 0.131 e. The molecule has 1 aromatic heterocycles. The number of aryl methyl sites for hydroxylation is 1. The van der Waals surface area contributed by atoms with Gasteiger partial charge < -0.3 is 4.52 Å². The predicted molar refractivity (Wildman–Crippen MR) is 75.9 cm³/mol. The first-order valence-electron chi connectivity index (χ1n) is 6.38. The Morgan fingerprint density at radius 3 is 2.37 bits per heavy atom. The Hall–Kier alpha value is -2.35. The third-order valence-electron chi connectivity index (χ3n) is 3.29. The lowest BCUT2D eigenvalue weighted by atomic mass is 9.95. The standard InChI is InChI=1S/C17H15NO/c1-13-17(12-19-18-13)16-10-6-5-9-15(16)11-14-7-3-2-4-8-14/h2-10,12H,11H2,1H3. The Morgan fingerprint density at radius 2 is 1.63 bits per heavy atom. The van der Waals surface area contributed by atoms with Crippen molar-refractivity contribution in [3.63, 3.8) is 0 Å². The van der Waals surface area contributed by atoms with Gasteiger partial charge in [-0.2, -0.15) is 0 Å². The highest BCUT2D eigenvalue weighted by Crippen LogP contribution is 2.27. The van der Waals surface area contributed by atoms with Gasteiger partial charge in [0.25, 0.3) is 0 Å². The fourth-order valence-corrected chi connectivity index (χ4v) is 2.30. The highest BCUT2D eigenvalue weighted by Gasteiger charge is 2.10. The zero-order valence-electron chi connectivity index (χ0n) is 10.8. The van der Waals surface area contributed by atoms with Crippen LogP contribution in [-0.2, 0) is 6.42 Å². The topological polar surface area (TPSA) is 26.0 Å². The predicted octanol–water partition coefficient (Wildman–Crippen LogP) is 4.24. The smallest absolute Gasteiger partial charge is 0.131 e. The summed E-state index contributed by atoms with van der Waals surface area (Å²) in [5, 5.41) is 3.97. The van der Waals surface area contributed by atoms with Crippen LogP contribution < -0.4 is 0 Å². The van der Waals surface area contributed by atoms with Gasteiger partial charge in [0.2, 0.25) is 0 Å². The first-order chi connectivity index (χ1) is 9.34. The van der Waals surface area contributed by atoms with Crippen LogP contribution in [0.2, 0.25) is 0 Å². The largest absolute Gasteiger partial charge is 0.364 e. The molecule has 2 nitrogen and oxygen atoms in total. The lowest BCUT2D eigenvalue weighted by Gasteiger charge is -2.08. The van der Waals surface area contributed by atoms with Gasteiger partial charge in [0, 0.05) is 5.56 Å². The number of hydrogen-bond acceptors (Lipinski definition) is 2. The molecule has 19 heavy (non-hydrogen) atoms. The molecule has 0 aliphatic rings. The van der Waals surface area contributed by atoms with E-state index in [4.69, 9.17) is 4.52 Å². The fourth-order valence-electron chi connectivity index (χ4n) is 2.30. The molecule has 3 aromatic rings. The van der Waals surface area contributed by atoms with Crippen molar-refractivity contribution in [1.29, 1.82) is 0 Å². The van der Waals surface area contributed by atoms with E-state index < -0.39 is 0 Å². The maximum absolute atomic E-state index is 5.05. The molecule has 0 unspecified atom stereocenters. The number of nitrogens with zero attached hydrogens (tertiary/aromatic N) is 1. The molecule has 2 heteroatoms. The Labute approximate surface area is 112 Å². The van der Waals surface area contributed by atoms with Crippen LogP contribution >= 0.6 is 0 Å². The van der Waals surface area contributed by atoms with Gasteiger partial charge in [-0.1, -0.05) is 59.8 Å². The van der Waals surface area contributed by atoms with Crippen LogP contribution in [-0.4, -0.2) is 5.16 Å². The first-order valence-corrected chi connectivity index (χ1v) is 6.38. The van der Waals surface area contributed by atoms with Gasteiger partial charge >= 0.3 is 0 Å². The van der Waals surface area contributed by atoms with Gasteiger partial charge in [0.1, 0.15) is 6.26 Å². The molecule has 0 aliphatic heterocycles. The minimum absolute atomic E-state index is 0.918. The average Bonchev–Trinajstić information content (AvgIpc) is 2.87. The summed E-state index contributed by atoms with van der Waals surface area (Å²) in [6, 6.07) is 18.9. The number of benzene rings is 2. The monoisotopic (exact) mass is 249 g/mol. The SMILES string of the molecule is Cc1nocc1-c1ccccc1Cc1ccccc1. The van der Waals surface area contributed by atoms with Crippen LogP contribution in [0.15, 0.2) is 65.4 Å². The van der Waals surface area contributed by atoms with E-state index in [2.05, 4.69) is 53.7 Å². The van der Waals surface area contributed by atoms with E-state index in [-0.39, 0.29) is 0 Å². The summed E-state index contributed by atoms with van der Waals surface area (Å²) < 4.78 is 5.05. The molecule has 0 atom stereocenters. The van der Waals surface area contributed by atoms with E-state index in [0.717, 1.165) is 17.7 Å². The summed E-state index contributed by atoms with van der Waals surface area (Å²) in [7, 11) is 0. The molecule has 0 aliphatic carbocycles. The van der Waals surface area contributed by atoms with Crippen molar-refractivity contribution in [2.45, 2.75) is 13.3 Å². The van der Waals surface area contributed by atoms with E-state index in [9.17, 15) is 0 Å². The summed E-state index contributed by atoms with van der Waals surface area (Å²) in [5.74, 6) is 0. The van der Waals surface area contributed by atoms with Crippen LogP contribution in [0.1, 0.15) is 16.8 Å². The van der Waals surface area contributed by atoms with Crippen molar-refractivity contribution in [2.75, 3.05) is 0 Å². The number of hydrogen-bond donors (Lipinski definition) is 0. The molecular formula is C17H15NO. The Morgan fingerprint density at radius 1 is 0.895 bits per heavy atom. The van der Waals surface area contributed by atoms with E-state index >= 15 is 0 Å². The quantitative estimate of drug-likeness (QED) is 0.694. The Kier molecular flexibility index (Phi) is 3.15. The fraction of sp³-hybridized carbons (Fsp3) is 0.118. The molecule has 3 rings (SSSR count). The molecule has 94 valence electrons. The molecule has 0 bridgehead atoms. The third-order valence-corrected chi connectivity index (χ3v) is 3.29. The number of rotatable bonds is 3. The van der Waals surface area contributed by atoms with Crippen LogP contribution in [0.5, 0.6) is 0 Å². The summed E-state index contributed by atoms with van der Waals surface area (Å²) in [5.41, 5.74) is 5.81. The minimum atomic E-state index is 0.918. The van der Waals surface area contributed by atoms with Crippen molar-refractivity contribution >= 4 is 0 Å². The van der Waals surface area contributed by atoms with Crippen molar-refractivity contribution in [3.05, 3.63) is 77.7 Å². The average molecular weight is 249 g/mol.